The number of benzene rings is 1. The molecule has 4 unspecified atom stereocenters. The summed E-state index contributed by atoms with van der Waals surface area (Å²) >= 11 is 0. The van der Waals surface area contributed by atoms with Gasteiger partial charge in [-0.25, -0.2) is 4.99 Å². The maximum atomic E-state index is 12.8. The lowest BCUT2D eigenvalue weighted by molar-refractivity contribution is -0.385. The second kappa shape index (κ2) is 7.21. The lowest BCUT2D eigenvalue weighted by atomic mass is 9.67. The first-order chi connectivity index (χ1) is 13.2. The fraction of sp³-hybridized carbons (Fsp3) is 0.526. The van der Waals surface area contributed by atoms with Gasteiger partial charge in [-0.3, -0.25) is 19.7 Å². The first kappa shape index (κ1) is 19.8. The van der Waals surface area contributed by atoms with Crippen molar-refractivity contribution in [2.24, 2.45) is 16.8 Å². The lowest BCUT2D eigenvalue weighted by Crippen LogP contribution is -2.57. The van der Waals surface area contributed by atoms with E-state index in [4.69, 9.17) is 14.2 Å². The van der Waals surface area contributed by atoms with Crippen molar-refractivity contribution < 1.29 is 28.7 Å². The number of fused-ring (bicyclic) bond motifs is 4. The first-order valence-corrected chi connectivity index (χ1v) is 9.10. The van der Waals surface area contributed by atoms with E-state index >= 15 is 0 Å². The highest BCUT2D eigenvalue weighted by Gasteiger charge is 2.59. The van der Waals surface area contributed by atoms with Gasteiger partial charge in [-0.15, -0.1) is 0 Å². The molecule has 3 rings (SSSR count). The van der Waals surface area contributed by atoms with Crippen molar-refractivity contribution in [3.05, 3.63) is 33.9 Å². The minimum atomic E-state index is -1.28. The van der Waals surface area contributed by atoms with Crippen molar-refractivity contribution in [1.29, 1.82) is 0 Å². The van der Waals surface area contributed by atoms with Gasteiger partial charge in [-0.2, -0.15) is 0 Å². The molecule has 0 fully saturated rings. The minimum absolute atomic E-state index is 0.146. The summed E-state index contributed by atoms with van der Waals surface area (Å²) in [6, 6.07) is 4.13. The van der Waals surface area contributed by atoms with Crippen LogP contribution in [0, 0.1) is 22.0 Å². The topological polar surface area (TPSA) is 117 Å². The van der Waals surface area contributed by atoms with Gasteiger partial charge in [0.25, 0.3) is 5.69 Å². The number of carbonyl (C=O) groups excluding carboxylic acids is 2. The molecule has 0 aromatic heterocycles. The van der Waals surface area contributed by atoms with Gasteiger partial charge in [-0.1, -0.05) is 0 Å². The molecule has 28 heavy (non-hydrogen) atoms. The van der Waals surface area contributed by atoms with E-state index in [9.17, 15) is 19.7 Å². The number of nitro groups is 1. The summed E-state index contributed by atoms with van der Waals surface area (Å²) in [6.07, 6.45) is 0. The molecule has 9 nitrogen and oxygen atoms in total. The number of ether oxygens (including phenoxy) is 3. The van der Waals surface area contributed by atoms with Crippen LogP contribution in [0.5, 0.6) is 5.75 Å². The van der Waals surface area contributed by atoms with Crippen LogP contribution in [-0.2, 0) is 19.1 Å². The predicted octanol–water partition coefficient (Wildman–Crippen LogP) is 2.62. The number of esters is 2. The molecule has 0 amide bonds. The molecule has 0 saturated carbocycles. The fourth-order valence-corrected chi connectivity index (χ4v) is 4.09. The molecule has 1 aromatic rings. The van der Waals surface area contributed by atoms with Crippen LogP contribution in [0.15, 0.2) is 23.2 Å². The van der Waals surface area contributed by atoms with Crippen LogP contribution < -0.4 is 4.74 Å². The predicted molar refractivity (Wildman–Crippen MR) is 98.2 cm³/mol. The Hall–Kier alpha value is -2.97. The maximum absolute atomic E-state index is 12.8. The fourth-order valence-electron chi connectivity index (χ4n) is 4.09. The Bertz CT molecular complexity index is 866. The molecule has 2 aliphatic rings. The summed E-state index contributed by atoms with van der Waals surface area (Å²) < 4.78 is 16.4. The van der Waals surface area contributed by atoms with Crippen molar-refractivity contribution in [2.45, 2.75) is 39.3 Å². The van der Waals surface area contributed by atoms with E-state index in [1.54, 1.807) is 27.7 Å². The van der Waals surface area contributed by atoms with Crippen LogP contribution in [-0.4, -0.2) is 41.5 Å². The van der Waals surface area contributed by atoms with Crippen LogP contribution in [0.3, 0.4) is 0 Å². The number of hydrogen-bond acceptors (Lipinski definition) is 8. The molecule has 2 heterocycles. The van der Waals surface area contributed by atoms with Gasteiger partial charge < -0.3 is 14.2 Å². The Kier molecular flexibility index (Phi) is 5.10. The molecular formula is C19H22N2O7. The zero-order chi connectivity index (χ0) is 20.6. The van der Waals surface area contributed by atoms with E-state index in [1.165, 1.54) is 18.2 Å². The van der Waals surface area contributed by atoms with Crippen LogP contribution in [0.1, 0.15) is 39.2 Å². The molecule has 0 aliphatic carbocycles. The molecule has 0 N–H and O–H groups in total. The molecule has 0 radical (unpaired) electrons. The van der Waals surface area contributed by atoms with Crippen molar-refractivity contribution in [3.8, 4) is 5.75 Å². The Morgan fingerprint density at radius 1 is 1.25 bits per heavy atom. The molecule has 4 atom stereocenters. The van der Waals surface area contributed by atoms with Gasteiger partial charge in [0.2, 0.25) is 5.72 Å². The number of non-ortho nitro benzene ring substituents is 1. The first-order valence-electron chi connectivity index (χ1n) is 9.10. The third kappa shape index (κ3) is 3.10. The van der Waals surface area contributed by atoms with E-state index in [0.29, 0.717) is 17.0 Å². The van der Waals surface area contributed by atoms with Gasteiger partial charge in [0.05, 0.1) is 18.1 Å². The number of aliphatic imine (C=N–C) groups is 1. The zero-order valence-corrected chi connectivity index (χ0v) is 16.1. The molecule has 1 aromatic carbocycles. The van der Waals surface area contributed by atoms with E-state index in [1.807, 2.05) is 0 Å². The summed E-state index contributed by atoms with van der Waals surface area (Å²) in [5.74, 6) is -3.32. The van der Waals surface area contributed by atoms with Crippen LogP contribution in [0.4, 0.5) is 5.69 Å². The molecule has 2 aliphatic heterocycles. The summed E-state index contributed by atoms with van der Waals surface area (Å²) in [7, 11) is 0. The van der Waals surface area contributed by atoms with E-state index in [-0.39, 0.29) is 18.9 Å². The largest absolute Gasteiger partial charge is 0.466 e. The molecule has 0 saturated heterocycles. The van der Waals surface area contributed by atoms with E-state index in [0.717, 1.165) is 0 Å². The average molecular weight is 390 g/mol. The monoisotopic (exact) mass is 390 g/mol. The van der Waals surface area contributed by atoms with Crippen molar-refractivity contribution in [2.75, 3.05) is 13.2 Å². The van der Waals surface area contributed by atoms with Crippen molar-refractivity contribution in [3.63, 3.8) is 0 Å². The van der Waals surface area contributed by atoms with Gasteiger partial charge in [0.15, 0.2) is 0 Å². The van der Waals surface area contributed by atoms with E-state index in [2.05, 4.69) is 4.99 Å². The van der Waals surface area contributed by atoms with Crippen molar-refractivity contribution in [1.82, 2.24) is 0 Å². The number of rotatable bonds is 5. The standard InChI is InChI=1S/C19H22N2O7/c1-5-26-17(22)14-10(3)20-19(4)16(18(23)27-6-2)15(14)12-9-11(21(24)25)7-8-13(12)28-19/h7-9,14-16H,5-6H2,1-4H3. The highest BCUT2D eigenvalue weighted by molar-refractivity contribution is 6.04. The van der Waals surface area contributed by atoms with Crippen LogP contribution >= 0.6 is 0 Å². The Morgan fingerprint density at radius 3 is 2.50 bits per heavy atom. The summed E-state index contributed by atoms with van der Waals surface area (Å²) in [4.78, 5) is 40.8. The number of hydrogen-bond donors (Lipinski definition) is 0. The zero-order valence-electron chi connectivity index (χ0n) is 16.1. The summed E-state index contributed by atoms with van der Waals surface area (Å²) in [5.41, 5.74) is -0.593. The third-order valence-electron chi connectivity index (χ3n) is 5.10. The van der Waals surface area contributed by atoms with Gasteiger partial charge in [0.1, 0.15) is 17.6 Å². The molecule has 9 heteroatoms. The lowest BCUT2D eigenvalue weighted by Gasteiger charge is -2.48. The maximum Gasteiger partial charge on any atom is 0.315 e. The van der Waals surface area contributed by atoms with Gasteiger partial charge in [0, 0.05) is 29.3 Å². The Balaban J connectivity index is 2.23. The highest BCUT2D eigenvalue weighted by atomic mass is 16.6. The van der Waals surface area contributed by atoms with Gasteiger partial charge >= 0.3 is 11.9 Å². The number of carbonyl (C=O) groups is 2. The third-order valence-corrected chi connectivity index (χ3v) is 5.10. The normalized spacial score (nSPS) is 27.7. The Labute approximate surface area is 161 Å². The molecule has 150 valence electrons. The molecule has 0 spiro atoms. The van der Waals surface area contributed by atoms with Crippen LogP contribution in [0.25, 0.3) is 0 Å². The SMILES string of the molecule is CCOC(=O)C1C(C)=NC2(C)Oc3ccc([N+](=O)[O-])cc3C1C2C(=O)OCC. The molecule has 2 bridgehead atoms. The second-order valence-corrected chi connectivity index (χ2v) is 6.87. The van der Waals surface area contributed by atoms with E-state index < -0.39 is 40.3 Å². The number of nitrogens with zero attached hydrogens (tertiary/aromatic N) is 2. The number of nitro benzene ring substituents is 1. The summed E-state index contributed by atoms with van der Waals surface area (Å²) in [6.45, 7) is 6.98. The molecular weight excluding hydrogens is 368 g/mol. The average Bonchev–Trinajstić information content (AvgIpc) is 2.60. The summed E-state index contributed by atoms with van der Waals surface area (Å²) in [5, 5.41) is 11.3. The second-order valence-electron chi connectivity index (χ2n) is 6.87. The Morgan fingerprint density at radius 2 is 1.89 bits per heavy atom. The van der Waals surface area contributed by atoms with Crippen molar-refractivity contribution >= 4 is 23.3 Å². The minimum Gasteiger partial charge on any atom is -0.466 e. The van der Waals surface area contributed by atoms with Crippen LogP contribution in [0.2, 0.25) is 0 Å². The van der Waals surface area contributed by atoms with Gasteiger partial charge in [-0.05, 0) is 33.8 Å². The smallest absolute Gasteiger partial charge is 0.315 e. The highest BCUT2D eigenvalue weighted by Crippen LogP contribution is 2.53. The quantitative estimate of drug-likeness (QED) is 0.431.